The molecule has 1 heterocycles. The summed E-state index contributed by atoms with van der Waals surface area (Å²) in [5.41, 5.74) is 0.359. The predicted octanol–water partition coefficient (Wildman–Crippen LogP) is 2.34. The van der Waals surface area contributed by atoms with E-state index in [-0.39, 0.29) is 17.5 Å². The Labute approximate surface area is 130 Å². The van der Waals surface area contributed by atoms with E-state index < -0.39 is 10.0 Å². The van der Waals surface area contributed by atoms with Crippen LogP contribution >= 0.6 is 11.8 Å². The molecular formula is C14H23NO4S2. The van der Waals surface area contributed by atoms with E-state index in [4.69, 9.17) is 4.42 Å². The van der Waals surface area contributed by atoms with Crippen molar-refractivity contribution in [3.8, 4) is 0 Å². The van der Waals surface area contributed by atoms with Crippen LogP contribution in [0.2, 0.25) is 0 Å². The van der Waals surface area contributed by atoms with Crippen LogP contribution in [-0.2, 0) is 16.6 Å². The second kappa shape index (κ2) is 6.73. The highest BCUT2D eigenvalue weighted by molar-refractivity contribution is 7.99. The predicted molar refractivity (Wildman–Crippen MR) is 84.0 cm³/mol. The summed E-state index contributed by atoms with van der Waals surface area (Å²) < 4.78 is 33.4. The van der Waals surface area contributed by atoms with E-state index in [1.165, 1.54) is 0 Å². The van der Waals surface area contributed by atoms with Gasteiger partial charge in [0.15, 0.2) is 0 Å². The topological polar surface area (TPSA) is 79.5 Å². The molecular weight excluding hydrogens is 310 g/mol. The number of aliphatic hydroxyl groups is 1. The second-order valence-electron chi connectivity index (χ2n) is 5.52. The Balaban J connectivity index is 2.23. The fraction of sp³-hybridized carbons (Fsp3) is 0.714. The smallest absolute Gasteiger partial charge is 0.244 e. The molecule has 7 heteroatoms. The van der Waals surface area contributed by atoms with E-state index in [9.17, 15) is 13.5 Å². The normalized spacial score (nSPS) is 23.4. The third-order valence-corrected chi connectivity index (χ3v) is 6.84. The summed E-state index contributed by atoms with van der Waals surface area (Å²) in [6.07, 6.45) is 5.96. The summed E-state index contributed by atoms with van der Waals surface area (Å²) in [6, 6.07) is -0.0395. The lowest BCUT2D eigenvalue weighted by molar-refractivity contribution is 0.276. The Hall–Kier alpha value is -0.500. The monoisotopic (exact) mass is 333 g/mol. The van der Waals surface area contributed by atoms with Gasteiger partial charge in [0.25, 0.3) is 0 Å². The Morgan fingerprint density at radius 2 is 2.05 bits per heavy atom. The van der Waals surface area contributed by atoms with Crippen molar-refractivity contribution in [3.05, 3.63) is 17.1 Å². The van der Waals surface area contributed by atoms with Crippen LogP contribution in [0, 0.1) is 13.8 Å². The standard InChI is InChI=1S/C14H23NO4S2/c1-9-13(8-16)14(10(2)19-9)21(17,18)15-11-5-4-6-12(7-11)20-3/h11-12,15-16H,4-8H2,1-3H3. The Morgan fingerprint density at radius 1 is 1.33 bits per heavy atom. The molecule has 5 nitrogen and oxygen atoms in total. The van der Waals surface area contributed by atoms with Crippen LogP contribution in [0.5, 0.6) is 0 Å². The average Bonchev–Trinajstić information content (AvgIpc) is 2.73. The Kier molecular flexibility index (Phi) is 5.40. The van der Waals surface area contributed by atoms with Gasteiger partial charge in [-0.25, -0.2) is 13.1 Å². The van der Waals surface area contributed by atoms with E-state index in [0.717, 1.165) is 25.7 Å². The van der Waals surface area contributed by atoms with Gasteiger partial charge in [-0.15, -0.1) is 0 Å². The minimum Gasteiger partial charge on any atom is -0.465 e. The van der Waals surface area contributed by atoms with E-state index in [2.05, 4.69) is 11.0 Å². The van der Waals surface area contributed by atoms with Gasteiger partial charge in [-0.1, -0.05) is 6.42 Å². The number of aliphatic hydroxyl groups excluding tert-OH is 1. The van der Waals surface area contributed by atoms with E-state index in [1.807, 2.05) is 0 Å². The van der Waals surface area contributed by atoms with Gasteiger partial charge in [-0.05, 0) is 39.4 Å². The van der Waals surface area contributed by atoms with Crippen molar-refractivity contribution in [1.29, 1.82) is 0 Å². The summed E-state index contributed by atoms with van der Waals surface area (Å²) in [6.45, 7) is 2.95. The fourth-order valence-corrected chi connectivity index (χ4v) is 5.54. The molecule has 1 aliphatic rings. The van der Waals surface area contributed by atoms with Crippen LogP contribution in [0.1, 0.15) is 42.8 Å². The first-order valence-electron chi connectivity index (χ1n) is 7.14. The van der Waals surface area contributed by atoms with E-state index in [0.29, 0.717) is 22.3 Å². The van der Waals surface area contributed by atoms with Crippen LogP contribution in [0.3, 0.4) is 0 Å². The second-order valence-corrected chi connectivity index (χ2v) is 8.31. The van der Waals surface area contributed by atoms with Crippen LogP contribution in [0.25, 0.3) is 0 Å². The molecule has 1 fully saturated rings. The molecule has 1 aromatic rings. The van der Waals surface area contributed by atoms with Crippen molar-refractivity contribution in [2.24, 2.45) is 0 Å². The first-order valence-corrected chi connectivity index (χ1v) is 9.91. The van der Waals surface area contributed by atoms with E-state index in [1.54, 1.807) is 25.6 Å². The number of furan rings is 1. The maximum atomic E-state index is 12.6. The molecule has 120 valence electrons. The molecule has 0 spiro atoms. The van der Waals surface area contributed by atoms with Crippen molar-refractivity contribution in [3.63, 3.8) is 0 Å². The maximum Gasteiger partial charge on any atom is 0.244 e. The lowest BCUT2D eigenvalue weighted by Crippen LogP contribution is -2.39. The van der Waals surface area contributed by atoms with Crippen molar-refractivity contribution in [2.45, 2.75) is 62.3 Å². The number of rotatable bonds is 5. The van der Waals surface area contributed by atoms with Crippen LogP contribution < -0.4 is 4.72 Å². The van der Waals surface area contributed by atoms with Crippen molar-refractivity contribution < 1.29 is 17.9 Å². The zero-order valence-electron chi connectivity index (χ0n) is 12.7. The Bertz CT molecular complexity index is 594. The molecule has 0 radical (unpaired) electrons. The number of hydrogen-bond acceptors (Lipinski definition) is 5. The van der Waals surface area contributed by atoms with Gasteiger partial charge >= 0.3 is 0 Å². The zero-order chi connectivity index (χ0) is 15.6. The summed E-state index contributed by atoms with van der Waals surface area (Å²) in [5, 5.41) is 9.92. The van der Waals surface area contributed by atoms with Crippen LogP contribution in [0.15, 0.2) is 9.31 Å². The quantitative estimate of drug-likeness (QED) is 0.864. The zero-order valence-corrected chi connectivity index (χ0v) is 14.3. The molecule has 1 aromatic heterocycles. The molecule has 2 N–H and O–H groups in total. The number of nitrogens with one attached hydrogen (secondary N) is 1. The molecule has 0 aliphatic heterocycles. The number of aryl methyl sites for hydroxylation is 2. The SMILES string of the molecule is CSC1CCCC(NS(=O)(=O)c2c(C)oc(C)c2CO)C1. The lowest BCUT2D eigenvalue weighted by atomic mass is 9.96. The Morgan fingerprint density at radius 3 is 2.67 bits per heavy atom. The molecule has 2 atom stereocenters. The minimum absolute atomic E-state index is 0.0395. The molecule has 21 heavy (non-hydrogen) atoms. The van der Waals surface area contributed by atoms with E-state index >= 15 is 0 Å². The lowest BCUT2D eigenvalue weighted by Gasteiger charge is -2.28. The van der Waals surface area contributed by atoms with Crippen LogP contribution in [-0.4, -0.2) is 31.1 Å². The first kappa shape index (κ1) is 16.9. The van der Waals surface area contributed by atoms with Gasteiger partial charge < -0.3 is 9.52 Å². The van der Waals surface area contributed by atoms with Crippen molar-refractivity contribution in [2.75, 3.05) is 6.26 Å². The molecule has 0 amide bonds. The first-order chi connectivity index (χ1) is 9.89. The highest BCUT2D eigenvalue weighted by Crippen LogP contribution is 2.30. The van der Waals surface area contributed by atoms with Gasteiger partial charge in [0, 0.05) is 16.9 Å². The number of thioether (sulfide) groups is 1. The highest BCUT2D eigenvalue weighted by atomic mass is 32.2. The van der Waals surface area contributed by atoms with Gasteiger partial charge in [-0.2, -0.15) is 11.8 Å². The largest absolute Gasteiger partial charge is 0.465 e. The molecule has 2 unspecified atom stereocenters. The van der Waals surface area contributed by atoms with Crippen LogP contribution in [0.4, 0.5) is 0 Å². The van der Waals surface area contributed by atoms with Gasteiger partial charge in [-0.3, -0.25) is 0 Å². The molecule has 0 aromatic carbocycles. The third-order valence-electron chi connectivity index (χ3n) is 4.03. The molecule has 1 saturated carbocycles. The summed E-state index contributed by atoms with van der Waals surface area (Å²) in [4.78, 5) is 0.105. The summed E-state index contributed by atoms with van der Waals surface area (Å²) >= 11 is 1.79. The summed E-state index contributed by atoms with van der Waals surface area (Å²) in [5.74, 6) is 0.794. The highest BCUT2D eigenvalue weighted by Gasteiger charge is 2.31. The number of sulfonamides is 1. The molecule has 1 aliphatic carbocycles. The molecule has 2 rings (SSSR count). The fourth-order valence-electron chi connectivity index (χ4n) is 2.99. The van der Waals surface area contributed by atoms with Gasteiger partial charge in [0.05, 0.1) is 6.61 Å². The average molecular weight is 333 g/mol. The third kappa shape index (κ3) is 3.64. The maximum absolute atomic E-state index is 12.6. The van der Waals surface area contributed by atoms with Gasteiger partial charge in [0.2, 0.25) is 10.0 Å². The van der Waals surface area contributed by atoms with Crippen molar-refractivity contribution >= 4 is 21.8 Å². The molecule has 0 saturated heterocycles. The van der Waals surface area contributed by atoms with Gasteiger partial charge in [0.1, 0.15) is 16.4 Å². The minimum atomic E-state index is -3.66. The molecule has 0 bridgehead atoms. The summed E-state index contributed by atoms with van der Waals surface area (Å²) in [7, 11) is -3.66. The van der Waals surface area contributed by atoms with Crippen molar-refractivity contribution in [1.82, 2.24) is 4.72 Å². The number of hydrogen-bond donors (Lipinski definition) is 2.